The normalized spacial score (nSPS) is 19.8. The van der Waals surface area contributed by atoms with Crippen molar-refractivity contribution in [3.63, 3.8) is 0 Å². The predicted octanol–water partition coefficient (Wildman–Crippen LogP) is 2.91. The fraction of sp³-hybridized carbons (Fsp3) is 0.385. The molecule has 2 aromatic rings. The summed E-state index contributed by atoms with van der Waals surface area (Å²) in [5.41, 5.74) is 2.83. The van der Waals surface area contributed by atoms with E-state index in [1.54, 1.807) is 6.33 Å². The number of aromatic nitrogens is 3. The van der Waals surface area contributed by atoms with Crippen LogP contribution in [0.4, 0.5) is 0 Å². The van der Waals surface area contributed by atoms with Crippen molar-refractivity contribution in [3.05, 3.63) is 46.0 Å². The molecule has 1 aliphatic rings. The van der Waals surface area contributed by atoms with Crippen LogP contribution < -0.4 is 5.32 Å². The number of rotatable bonds is 3. The average Bonchev–Trinajstić information content (AvgIpc) is 2.99. The Balaban J connectivity index is 1.79. The van der Waals surface area contributed by atoms with Gasteiger partial charge in [0.2, 0.25) is 0 Å². The molecule has 0 spiro atoms. The third-order valence-corrected chi connectivity index (χ3v) is 4.25. The molecule has 4 nitrogen and oxygen atoms in total. The Hall–Kier alpha value is -1.20. The molecule has 5 heteroatoms. The fourth-order valence-electron chi connectivity index (χ4n) is 2.59. The number of hydrogen-bond acceptors (Lipinski definition) is 3. The van der Waals surface area contributed by atoms with Crippen molar-refractivity contribution >= 4 is 15.9 Å². The van der Waals surface area contributed by atoms with Crippen molar-refractivity contribution in [3.8, 4) is 0 Å². The van der Waals surface area contributed by atoms with E-state index in [1.165, 1.54) is 15.6 Å². The summed E-state index contributed by atoms with van der Waals surface area (Å²) in [7, 11) is 0. The van der Waals surface area contributed by atoms with E-state index < -0.39 is 0 Å². The van der Waals surface area contributed by atoms with E-state index in [2.05, 4.69) is 61.6 Å². The molecule has 0 radical (unpaired) electrons. The summed E-state index contributed by atoms with van der Waals surface area (Å²) in [6, 6.07) is 7.00. The number of fused-ring (bicyclic) bond motifs is 1. The second kappa shape index (κ2) is 4.82. The summed E-state index contributed by atoms with van der Waals surface area (Å²) in [6.07, 6.45) is 3.81. The van der Waals surface area contributed by atoms with Gasteiger partial charge in [-0.15, -0.1) is 0 Å². The number of aromatic amines is 1. The van der Waals surface area contributed by atoms with Crippen molar-refractivity contribution in [1.82, 2.24) is 20.5 Å². The quantitative estimate of drug-likeness (QED) is 0.917. The smallest absolute Gasteiger partial charge is 0.141 e. The Kier molecular flexibility index (Phi) is 3.18. The van der Waals surface area contributed by atoms with E-state index in [4.69, 9.17) is 0 Å². The lowest BCUT2D eigenvalue weighted by Gasteiger charge is -2.18. The SMILES string of the molecule is CC(NC1CCc2c(Br)cccc21)c1ncn[nH]1. The largest absolute Gasteiger partial charge is 0.301 e. The van der Waals surface area contributed by atoms with Crippen molar-refractivity contribution in [2.24, 2.45) is 0 Å². The van der Waals surface area contributed by atoms with Crippen LogP contribution in [0.5, 0.6) is 0 Å². The Morgan fingerprint density at radius 2 is 2.39 bits per heavy atom. The molecule has 2 unspecified atom stereocenters. The molecule has 1 aromatic heterocycles. The highest BCUT2D eigenvalue weighted by atomic mass is 79.9. The first-order valence-corrected chi connectivity index (χ1v) is 6.93. The molecule has 0 saturated carbocycles. The minimum Gasteiger partial charge on any atom is -0.301 e. The molecule has 0 aliphatic heterocycles. The lowest BCUT2D eigenvalue weighted by atomic mass is 10.1. The summed E-state index contributed by atoms with van der Waals surface area (Å²) >= 11 is 3.62. The highest BCUT2D eigenvalue weighted by Crippen LogP contribution is 2.36. The van der Waals surface area contributed by atoms with Crippen molar-refractivity contribution in [2.75, 3.05) is 0 Å². The molecule has 2 N–H and O–H groups in total. The first-order chi connectivity index (χ1) is 8.75. The minimum atomic E-state index is 0.183. The first kappa shape index (κ1) is 11.9. The summed E-state index contributed by atoms with van der Waals surface area (Å²) in [6.45, 7) is 2.11. The van der Waals surface area contributed by atoms with Crippen molar-refractivity contribution in [2.45, 2.75) is 31.8 Å². The number of benzene rings is 1. The van der Waals surface area contributed by atoms with Gasteiger partial charge in [0, 0.05) is 10.5 Å². The molecule has 3 rings (SSSR count). The number of nitrogens with one attached hydrogen (secondary N) is 2. The maximum atomic E-state index is 4.19. The van der Waals surface area contributed by atoms with Gasteiger partial charge in [-0.1, -0.05) is 28.1 Å². The van der Waals surface area contributed by atoms with Gasteiger partial charge in [0.15, 0.2) is 0 Å². The lowest BCUT2D eigenvalue weighted by molar-refractivity contribution is 0.451. The van der Waals surface area contributed by atoms with E-state index >= 15 is 0 Å². The van der Waals surface area contributed by atoms with Gasteiger partial charge in [-0.2, -0.15) is 5.10 Å². The van der Waals surface area contributed by atoms with Crippen molar-refractivity contribution in [1.29, 1.82) is 0 Å². The molecule has 0 bridgehead atoms. The number of halogens is 1. The van der Waals surface area contributed by atoms with Crippen LogP contribution in [0.3, 0.4) is 0 Å². The third-order valence-electron chi connectivity index (χ3n) is 3.51. The van der Waals surface area contributed by atoms with Gasteiger partial charge in [-0.05, 0) is 37.0 Å². The third kappa shape index (κ3) is 2.08. The monoisotopic (exact) mass is 306 g/mol. The summed E-state index contributed by atoms with van der Waals surface area (Å²) in [5.74, 6) is 0.887. The molecule has 0 amide bonds. The average molecular weight is 307 g/mol. The molecular weight excluding hydrogens is 292 g/mol. The van der Waals surface area contributed by atoms with Crippen LogP contribution in [0, 0.1) is 0 Å². The number of hydrogen-bond donors (Lipinski definition) is 2. The molecule has 0 saturated heterocycles. The zero-order valence-corrected chi connectivity index (χ0v) is 11.7. The second-order valence-electron chi connectivity index (χ2n) is 4.66. The Labute approximate surface area is 114 Å². The standard InChI is InChI=1S/C13H15BrN4/c1-8(13-15-7-16-18-13)17-12-6-5-9-10(12)3-2-4-11(9)14/h2-4,7-8,12,17H,5-6H2,1H3,(H,15,16,18). The topological polar surface area (TPSA) is 53.6 Å². The van der Waals surface area contributed by atoms with Gasteiger partial charge in [-0.3, -0.25) is 5.10 Å². The van der Waals surface area contributed by atoms with Crippen LogP contribution >= 0.6 is 15.9 Å². The van der Waals surface area contributed by atoms with Crippen LogP contribution in [0.2, 0.25) is 0 Å². The van der Waals surface area contributed by atoms with Crippen LogP contribution in [0.25, 0.3) is 0 Å². The Morgan fingerprint density at radius 1 is 1.50 bits per heavy atom. The Bertz CT molecular complexity index is 538. The maximum Gasteiger partial charge on any atom is 0.141 e. The molecule has 0 fully saturated rings. The zero-order chi connectivity index (χ0) is 12.5. The van der Waals surface area contributed by atoms with Crippen molar-refractivity contribution < 1.29 is 0 Å². The highest BCUT2D eigenvalue weighted by Gasteiger charge is 2.25. The fourth-order valence-corrected chi connectivity index (χ4v) is 3.17. The molecular formula is C13H15BrN4. The van der Waals surface area contributed by atoms with Gasteiger partial charge in [0.1, 0.15) is 12.2 Å². The van der Waals surface area contributed by atoms with E-state index in [-0.39, 0.29) is 6.04 Å². The molecule has 18 heavy (non-hydrogen) atoms. The molecule has 1 heterocycles. The van der Waals surface area contributed by atoms with E-state index in [0.29, 0.717) is 6.04 Å². The van der Waals surface area contributed by atoms with E-state index in [9.17, 15) is 0 Å². The van der Waals surface area contributed by atoms with Crippen LogP contribution in [-0.2, 0) is 6.42 Å². The van der Waals surface area contributed by atoms with Gasteiger partial charge >= 0.3 is 0 Å². The van der Waals surface area contributed by atoms with Gasteiger partial charge < -0.3 is 5.32 Å². The highest BCUT2D eigenvalue weighted by molar-refractivity contribution is 9.10. The van der Waals surface area contributed by atoms with E-state index in [1.807, 2.05) is 0 Å². The van der Waals surface area contributed by atoms with Crippen LogP contribution in [-0.4, -0.2) is 15.2 Å². The summed E-state index contributed by atoms with van der Waals surface area (Å²) in [5, 5.41) is 10.4. The Morgan fingerprint density at radius 3 is 3.17 bits per heavy atom. The van der Waals surface area contributed by atoms with Crippen LogP contribution in [0.1, 0.15) is 42.4 Å². The van der Waals surface area contributed by atoms with Gasteiger partial charge in [0.05, 0.1) is 6.04 Å². The zero-order valence-electron chi connectivity index (χ0n) is 10.2. The number of H-pyrrole nitrogens is 1. The molecule has 1 aliphatic carbocycles. The summed E-state index contributed by atoms with van der Waals surface area (Å²) in [4.78, 5) is 4.19. The minimum absolute atomic E-state index is 0.183. The molecule has 1 aromatic carbocycles. The second-order valence-corrected chi connectivity index (χ2v) is 5.51. The molecule has 2 atom stereocenters. The number of nitrogens with zero attached hydrogens (tertiary/aromatic N) is 2. The maximum absolute atomic E-state index is 4.19. The van der Waals surface area contributed by atoms with Crippen LogP contribution in [0.15, 0.2) is 29.0 Å². The molecule has 94 valence electrons. The lowest BCUT2D eigenvalue weighted by Crippen LogP contribution is -2.23. The van der Waals surface area contributed by atoms with Gasteiger partial charge in [-0.25, -0.2) is 4.98 Å². The predicted molar refractivity (Wildman–Crippen MR) is 73.1 cm³/mol. The summed E-state index contributed by atoms with van der Waals surface area (Å²) < 4.78 is 1.22. The first-order valence-electron chi connectivity index (χ1n) is 6.14. The van der Waals surface area contributed by atoms with E-state index in [0.717, 1.165) is 18.7 Å². The van der Waals surface area contributed by atoms with Gasteiger partial charge in [0.25, 0.3) is 0 Å².